The molecule has 2 aliphatic carbocycles. The van der Waals surface area contributed by atoms with E-state index in [0.29, 0.717) is 17.1 Å². The Kier molecular flexibility index (Phi) is 10.4. The van der Waals surface area contributed by atoms with Crippen molar-refractivity contribution in [1.29, 1.82) is 0 Å². The number of aromatic hydroxyl groups is 1. The van der Waals surface area contributed by atoms with E-state index in [1.807, 2.05) is 0 Å². The number of allylic oxidation sites excluding steroid dienone is 2. The fourth-order valence-electron chi connectivity index (χ4n) is 9.10. The maximum absolute atomic E-state index is 15.4. The predicted molar refractivity (Wildman–Crippen MR) is 213 cm³/mol. The van der Waals surface area contributed by atoms with Gasteiger partial charge in [0.1, 0.15) is 17.2 Å². The van der Waals surface area contributed by atoms with Gasteiger partial charge in [-0.1, -0.05) is 48.1 Å². The van der Waals surface area contributed by atoms with Crippen LogP contribution in [0.1, 0.15) is 42.4 Å². The molecule has 316 valence electrons. The molecule has 17 heteroatoms. The van der Waals surface area contributed by atoms with Crippen molar-refractivity contribution in [2.75, 3.05) is 30.6 Å². The highest BCUT2D eigenvalue weighted by Gasteiger charge is 2.77. The van der Waals surface area contributed by atoms with Crippen LogP contribution in [0.4, 0.5) is 33.3 Å². The van der Waals surface area contributed by atoms with Crippen LogP contribution in [0.3, 0.4) is 0 Å². The number of alkyl halides is 2. The normalized spacial score (nSPS) is 25.8. The topological polar surface area (TPSA) is 123 Å². The van der Waals surface area contributed by atoms with Gasteiger partial charge in [0.05, 0.1) is 38.3 Å². The summed E-state index contributed by atoms with van der Waals surface area (Å²) in [5.41, 5.74) is -0.251. The molecule has 61 heavy (non-hydrogen) atoms. The molecule has 0 radical (unpaired) electrons. The number of benzene rings is 4. The molecule has 4 aromatic carbocycles. The number of phenolic OH excluding ortho intramolecular Hbond substituents is 1. The number of fused-ring (bicyclic) bond motifs is 4. The lowest BCUT2D eigenvalue weighted by Gasteiger charge is -2.50. The standard InChI is InChI=1S/C44H33Cl2F5N2O8/c1-4-61-29-7-5-6-26(38(29)54)31-24-15-16-25-30(27(24)19-43(45)41(57)53(42(58)44(31,43)46)37-35(50)33(48)32(47)34(49)36(37)51)40(56)52(39(25)55)22-12-9-20(10-13-22)8-11-21-18-23(59-2)14-17-28(21)60-3/h5-15,17-18,25,27,30-31,54H,4,16,19H2,1-3H3. The molecule has 0 bridgehead atoms. The highest BCUT2D eigenvalue weighted by molar-refractivity contribution is 6.58. The number of amides is 4. The first kappa shape index (κ1) is 41.8. The molecule has 0 spiro atoms. The molecule has 1 N–H and O–H groups in total. The second-order valence-electron chi connectivity index (χ2n) is 14.9. The van der Waals surface area contributed by atoms with Crippen LogP contribution in [0.5, 0.6) is 23.0 Å². The van der Waals surface area contributed by atoms with E-state index in [2.05, 4.69) is 0 Å². The summed E-state index contributed by atoms with van der Waals surface area (Å²) in [5, 5.41) is 11.6. The maximum Gasteiger partial charge on any atom is 0.258 e. The Balaban J connectivity index is 1.21. The second kappa shape index (κ2) is 15.2. The number of para-hydroxylation sites is 1. The number of halogens is 7. The third-order valence-electron chi connectivity index (χ3n) is 11.9. The van der Waals surface area contributed by atoms with Crippen molar-refractivity contribution in [3.63, 3.8) is 0 Å². The zero-order valence-electron chi connectivity index (χ0n) is 32.3. The van der Waals surface area contributed by atoms with Crippen molar-refractivity contribution in [3.05, 3.63) is 118 Å². The molecule has 2 heterocycles. The first-order valence-corrected chi connectivity index (χ1v) is 19.6. The Labute approximate surface area is 354 Å². The van der Waals surface area contributed by atoms with Gasteiger partial charge in [0.25, 0.3) is 11.8 Å². The lowest BCUT2D eigenvalue weighted by Crippen LogP contribution is -2.60. The number of anilines is 2. The zero-order chi connectivity index (χ0) is 43.9. The number of imide groups is 2. The summed E-state index contributed by atoms with van der Waals surface area (Å²) >= 11 is 14.4. The molecule has 3 fully saturated rings. The molecule has 4 aliphatic rings. The summed E-state index contributed by atoms with van der Waals surface area (Å²) in [6.07, 6.45) is 4.34. The van der Waals surface area contributed by atoms with Gasteiger partial charge in [-0.05, 0) is 67.6 Å². The molecule has 4 amide bonds. The number of hydrogen-bond donors (Lipinski definition) is 1. The third kappa shape index (κ3) is 6.02. The fourth-order valence-corrected chi connectivity index (χ4v) is 10.0. The summed E-state index contributed by atoms with van der Waals surface area (Å²) < 4.78 is 90.5. The van der Waals surface area contributed by atoms with Crippen molar-refractivity contribution >= 4 is 70.4 Å². The van der Waals surface area contributed by atoms with Crippen LogP contribution in [-0.4, -0.2) is 59.3 Å². The van der Waals surface area contributed by atoms with E-state index in [-0.39, 0.29) is 40.5 Å². The van der Waals surface area contributed by atoms with Crippen molar-refractivity contribution in [2.24, 2.45) is 17.8 Å². The Hall–Kier alpha value is -5.93. The highest BCUT2D eigenvalue weighted by atomic mass is 35.5. The number of hydrogen-bond acceptors (Lipinski definition) is 8. The number of methoxy groups -OCH3 is 2. The summed E-state index contributed by atoms with van der Waals surface area (Å²) in [7, 11) is 3.07. The van der Waals surface area contributed by atoms with Gasteiger partial charge in [-0.15, -0.1) is 23.2 Å². The molecule has 1 saturated carbocycles. The number of ether oxygens (including phenoxy) is 3. The Morgan fingerprint density at radius 2 is 1.46 bits per heavy atom. The van der Waals surface area contributed by atoms with Gasteiger partial charge in [0.2, 0.25) is 17.6 Å². The van der Waals surface area contributed by atoms with Crippen LogP contribution in [0, 0.1) is 46.8 Å². The Morgan fingerprint density at radius 1 is 0.787 bits per heavy atom. The van der Waals surface area contributed by atoms with Gasteiger partial charge in [0.15, 0.2) is 44.5 Å². The molecule has 4 aromatic rings. The van der Waals surface area contributed by atoms with E-state index >= 15 is 8.78 Å². The third-order valence-corrected chi connectivity index (χ3v) is 13.3. The number of nitrogens with zero attached hydrogens (tertiary/aromatic N) is 2. The summed E-state index contributed by atoms with van der Waals surface area (Å²) in [4.78, 5) is 53.0. The molecule has 2 aliphatic heterocycles. The Morgan fingerprint density at radius 3 is 2.10 bits per heavy atom. The molecule has 6 atom stereocenters. The van der Waals surface area contributed by atoms with Gasteiger partial charge in [0, 0.05) is 17.0 Å². The molecule has 6 unspecified atom stereocenters. The molecule has 0 aromatic heterocycles. The van der Waals surface area contributed by atoms with Crippen LogP contribution in [0.2, 0.25) is 0 Å². The molecular formula is C44H33Cl2F5N2O8. The molecule has 2 saturated heterocycles. The van der Waals surface area contributed by atoms with Gasteiger partial charge >= 0.3 is 0 Å². The fraction of sp³-hybridized carbons (Fsp3) is 0.273. The van der Waals surface area contributed by atoms with Crippen LogP contribution in [-0.2, 0) is 19.2 Å². The largest absolute Gasteiger partial charge is 0.504 e. The average Bonchev–Trinajstić information content (AvgIpc) is 3.60. The van der Waals surface area contributed by atoms with Crippen molar-refractivity contribution in [1.82, 2.24) is 0 Å². The minimum atomic E-state index is -2.81. The number of carbonyl (C=O) groups excluding carboxylic acids is 4. The van der Waals surface area contributed by atoms with E-state index in [9.17, 15) is 37.5 Å². The highest BCUT2D eigenvalue weighted by Crippen LogP contribution is 2.67. The minimum Gasteiger partial charge on any atom is -0.504 e. The van der Waals surface area contributed by atoms with Crippen LogP contribution < -0.4 is 24.0 Å². The van der Waals surface area contributed by atoms with Crippen LogP contribution >= 0.6 is 23.2 Å². The quantitative estimate of drug-likeness (QED) is 0.0338. The summed E-state index contributed by atoms with van der Waals surface area (Å²) in [6.45, 7) is 1.69. The lowest BCUT2D eigenvalue weighted by molar-refractivity contribution is -0.125. The van der Waals surface area contributed by atoms with Gasteiger partial charge in [-0.2, -0.15) is 0 Å². The van der Waals surface area contributed by atoms with Crippen molar-refractivity contribution in [2.45, 2.75) is 35.4 Å². The summed E-state index contributed by atoms with van der Waals surface area (Å²) in [5.74, 6) is -21.6. The number of rotatable bonds is 9. The molecule has 8 rings (SSSR count). The molecule has 10 nitrogen and oxygen atoms in total. The zero-order valence-corrected chi connectivity index (χ0v) is 33.8. The van der Waals surface area contributed by atoms with Crippen LogP contribution in [0.15, 0.2) is 72.3 Å². The van der Waals surface area contributed by atoms with E-state index in [0.717, 1.165) is 10.5 Å². The van der Waals surface area contributed by atoms with E-state index in [4.69, 9.17) is 37.4 Å². The van der Waals surface area contributed by atoms with Crippen LogP contribution in [0.25, 0.3) is 12.2 Å². The number of phenols is 1. The lowest BCUT2D eigenvalue weighted by atomic mass is 9.56. The monoisotopic (exact) mass is 882 g/mol. The molecular weight excluding hydrogens is 850 g/mol. The van der Waals surface area contributed by atoms with Crippen molar-refractivity contribution in [3.8, 4) is 23.0 Å². The van der Waals surface area contributed by atoms with E-state index in [1.165, 1.54) is 38.5 Å². The first-order valence-electron chi connectivity index (χ1n) is 18.9. The second-order valence-corrected chi connectivity index (χ2v) is 16.1. The van der Waals surface area contributed by atoms with E-state index < -0.39 is 104 Å². The maximum atomic E-state index is 15.4. The SMILES string of the molecule is CCOc1cccc(C2C3=CCC4C(=O)N(c5ccc(C=Cc6cc(OC)ccc6OC)cc5)C(=O)C4C3CC3(Cl)C(=O)N(c4c(F)c(F)c(F)c(F)c4F)C(=O)C23Cl)c1O. The first-order chi connectivity index (χ1) is 29.0. The Bertz CT molecular complexity index is 2600. The number of carbonyl (C=O) groups is 4. The van der Waals surface area contributed by atoms with Gasteiger partial charge in [-0.25, -0.2) is 26.9 Å². The van der Waals surface area contributed by atoms with E-state index in [1.54, 1.807) is 61.5 Å². The minimum absolute atomic E-state index is 0.0639. The summed E-state index contributed by atoms with van der Waals surface area (Å²) in [6, 6.07) is 15.9. The average molecular weight is 884 g/mol. The predicted octanol–water partition coefficient (Wildman–Crippen LogP) is 8.44. The van der Waals surface area contributed by atoms with Gasteiger partial charge in [-0.3, -0.25) is 24.1 Å². The van der Waals surface area contributed by atoms with Crippen molar-refractivity contribution < 1.29 is 60.4 Å². The van der Waals surface area contributed by atoms with Gasteiger partial charge < -0.3 is 19.3 Å². The smallest absolute Gasteiger partial charge is 0.258 e.